The van der Waals surface area contributed by atoms with Crippen molar-refractivity contribution in [2.75, 3.05) is 6.54 Å². The van der Waals surface area contributed by atoms with Gasteiger partial charge in [0.25, 0.3) is 0 Å². The molecule has 0 saturated heterocycles. The second kappa shape index (κ2) is 5.50. The van der Waals surface area contributed by atoms with Crippen LogP contribution in [-0.4, -0.2) is 23.3 Å². The Balaban J connectivity index is 1.91. The van der Waals surface area contributed by atoms with Gasteiger partial charge < -0.3 is 4.42 Å². The zero-order chi connectivity index (χ0) is 12.3. The highest BCUT2D eigenvalue weighted by Crippen LogP contribution is 2.28. The van der Waals surface area contributed by atoms with E-state index in [0.717, 1.165) is 18.7 Å². The van der Waals surface area contributed by atoms with Gasteiger partial charge in [0.05, 0.1) is 19.4 Å². The molecule has 1 fully saturated rings. The summed E-state index contributed by atoms with van der Waals surface area (Å²) in [6.45, 7) is 5.41. The van der Waals surface area contributed by atoms with Crippen LogP contribution in [-0.2, 0) is 11.3 Å². The lowest BCUT2D eigenvalue weighted by atomic mass is 10.0. The van der Waals surface area contributed by atoms with Crippen LogP contribution in [0.25, 0.3) is 0 Å². The first-order valence-corrected chi connectivity index (χ1v) is 6.49. The number of nitrogens with zero attached hydrogens (tertiary/aromatic N) is 1. The molecule has 3 heteroatoms. The number of furan rings is 1. The average molecular weight is 235 g/mol. The number of hydrogen-bond acceptors (Lipinski definition) is 3. The van der Waals surface area contributed by atoms with Gasteiger partial charge in [0.15, 0.2) is 0 Å². The van der Waals surface area contributed by atoms with Crippen LogP contribution in [0.1, 0.15) is 38.9 Å². The van der Waals surface area contributed by atoms with Crippen molar-refractivity contribution in [1.29, 1.82) is 0 Å². The van der Waals surface area contributed by atoms with Crippen molar-refractivity contribution in [3.8, 4) is 0 Å². The van der Waals surface area contributed by atoms with Crippen LogP contribution >= 0.6 is 0 Å². The van der Waals surface area contributed by atoms with E-state index in [-0.39, 0.29) is 5.92 Å². The maximum absolute atomic E-state index is 12.0. The molecule has 0 radical (unpaired) electrons. The summed E-state index contributed by atoms with van der Waals surface area (Å²) in [6, 6.07) is 4.47. The molecule has 0 aromatic carbocycles. The molecule has 1 heterocycles. The summed E-state index contributed by atoms with van der Waals surface area (Å²) in [7, 11) is 0. The Morgan fingerprint density at radius 1 is 1.59 bits per heavy atom. The number of hydrogen-bond donors (Lipinski definition) is 0. The SMILES string of the molecule is CCC(C)C(=O)CN(Cc1ccco1)C1CC1. The van der Waals surface area contributed by atoms with Crippen molar-refractivity contribution in [1.82, 2.24) is 4.90 Å². The molecule has 1 atom stereocenters. The number of ketones is 1. The van der Waals surface area contributed by atoms with Gasteiger partial charge in [-0.2, -0.15) is 0 Å². The van der Waals surface area contributed by atoms with Gasteiger partial charge in [0.1, 0.15) is 11.5 Å². The standard InChI is InChI=1S/C14H21NO2/c1-3-11(2)14(16)10-15(12-6-7-12)9-13-5-4-8-17-13/h4-5,8,11-12H,3,6-7,9-10H2,1-2H3. The molecule has 2 rings (SSSR count). The van der Waals surface area contributed by atoms with E-state index in [1.165, 1.54) is 12.8 Å². The molecule has 94 valence electrons. The monoisotopic (exact) mass is 235 g/mol. The molecule has 1 saturated carbocycles. The summed E-state index contributed by atoms with van der Waals surface area (Å²) in [5, 5.41) is 0. The molecule has 1 aliphatic rings. The van der Waals surface area contributed by atoms with Gasteiger partial charge in [-0.25, -0.2) is 0 Å². The molecule has 17 heavy (non-hydrogen) atoms. The second-order valence-corrected chi connectivity index (χ2v) is 4.99. The minimum absolute atomic E-state index is 0.174. The Morgan fingerprint density at radius 2 is 2.35 bits per heavy atom. The molecular formula is C14H21NO2. The Bertz CT molecular complexity index is 354. The number of carbonyl (C=O) groups excluding carboxylic acids is 1. The zero-order valence-corrected chi connectivity index (χ0v) is 10.7. The minimum Gasteiger partial charge on any atom is -0.468 e. The molecule has 1 aromatic heterocycles. The first-order valence-electron chi connectivity index (χ1n) is 6.49. The van der Waals surface area contributed by atoms with Crippen molar-refractivity contribution in [2.24, 2.45) is 5.92 Å². The molecule has 3 nitrogen and oxygen atoms in total. The quantitative estimate of drug-likeness (QED) is 0.728. The topological polar surface area (TPSA) is 33.5 Å². The van der Waals surface area contributed by atoms with Crippen LogP contribution < -0.4 is 0 Å². The molecule has 0 N–H and O–H groups in total. The predicted octanol–water partition coefficient (Wildman–Crippen LogP) is 2.86. The number of rotatable bonds is 7. The third kappa shape index (κ3) is 3.43. The molecule has 1 aliphatic carbocycles. The fourth-order valence-electron chi connectivity index (χ4n) is 1.94. The van der Waals surface area contributed by atoms with E-state index in [1.807, 2.05) is 19.1 Å². The van der Waals surface area contributed by atoms with E-state index in [4.69, 9.17) is 4.42 Å². The molecule has 1 aromatic rings. The number of carbonyl (C=O) groups is 1. The average Bonchev–Trinajstić information content (AvgIpc) is 3.06. The predicted molar refractivity (Wildman–Crippen MR) is 66.6 cm³/mol. The molecule has 0 aliphatic heterocycles. The first-order chi connectivity index (χ1) is 8.20. The van der Waals surface area contributed by atoms with Crippen LogP contribution in [0.5, 0.6) is 0 Å². The highest BCUT2D eigenvalue weighted by molar-refractivity contribution is 5.82. The molecule has 1 unspecified atom stereocenters. The Kier molecular flexibility index (Phi) is 4.00. The maximum atomic E-state index is 12.0. The molecule has 0 bridgehead atoms. The minimum atomic E-state index is 0.174. The van der Waals surface area contributed by atoms with Gasteiger partial charge in [-0.05, 0) is 31.4 Å². The Morgan fingerprint density at radius 3 is 2.88 bits per heavy atom. The Hall–Kier alpha value is -1.09. The van der Waals surface area contributed by atoms with Gasteiger partial charge in [-0.3, -0.25) is 9.69 Å². The van der Waals surface area contributed by atoms with Crippen molar-refractivity contribution in [2.45, 2.75) is 45.7 Å². The van der Waals surface area contributed by atoms with E-state index in [2.05, 4.69) is 11.8 Å². The van der Waals surface area contributed by atoms with E-state index in [0.29, 0.717) is 18.4 Å². The third-order valence-electron chi connectivity index (χ3n) is 3.52. The fourth-order valence-corrected chi connectivity index (χ4v) is 1.94. The van der Waals surface area contributed by atoms with E-state index in [1.54, 1.807) is 6.26 Å². The van der Waals surface area contributed by atoms with Crippen molar-refractivity contribution >= 4 is 5.78 Å². The maximum Gasteiger partial charge on any atom is 0.149 e. The lowest BCUT2D eigenvalue weighted by Crippen LogP contribution is -2.33. The molecule has 0 amide bonds. The summed E-state index contributed by atoms with van der Waals surface area (Å²) in [5.41, 5.74) is 0. The summed E-state index contributed by atoms with van der Waals surface area (Å²) in [4.78, 5) is 14.2. The van der Waals surface area contributed by atoms with Crippen LogP contribution in [0, 0.1) is 5.92 Å². The lowest BCUT2D eigenvalue weighted by molar-refractivity contribution is -0.123. The van der Waals surface area contributed by atoms with Crippen LogP contribution in [0.3, 0.4) is 0 Å². The summed E-state index contributed by atoms with van der Waals surface area (Å²) < 4.78 is 5.36. The largest absolute Gasteiger partial charge is 0.468 e. The van der Waals surface area contributed by atoms with Crippen molar-refractivity contribution in [3.05, 3.63) is 24.2 Å². The van der Waals surface area contributed by atoms with Crippen molar-refractivity contribution in [3.63, 3.8) is 0 Å². The van der Waals surface area contributed by atoms with Gasteiger partial charge >= 0.3 is 0 Å². The van der Waals surface area contributed by atoms with Gasteiger partial charge in [0.2, 0.25) is 0 Å². The van der Waals surface area contributed by atoms with Crippen LogP contribution in [0.4, 0.5) is 0 Å². The second-order valence-electron chi connectivity index (χ2n) is 4.99. The normalized spacial score (nSPS) is 17.4. The van der Waals surface area contributed by atoms with E-state index in [9.17, 15) is 4.79 Å². The smallest absolute Gasteiger partial charge is 0.149 e. The zero-order valence-electron chi connectivity index (χ0n) is 10.7. The molecule has 0 spiro atoms. The Labute approximate surface area is 103 Å². The van der Waals surface area contributed by atoms with Crippen LogP contribution in [0.15, 0.2) is 22.8 Å². The van der Waals surface area contributed by atoms with Crippen LogP contribution in [0.2, 0.25) is 0 Å². The summed E-state index contributed by atoms with van der Waals surface area (Å²) in [6.07, 6.45) is 5.05. The summed E-state index contributed by atoms with van der Waals surface area (Å²) >= 11 is 0. The fraction of sp³-hybridized carbons (Fsp3) is 0.643. The lowest BCUT2D eigenvalue weighted by Gasteiger charge is -2.21. The first kappa shape index (κ1) is 12.4. The van der Waals surface area contributed by atoms with Crippen molar-refractivity contribution < 1.29 is 9.21 Å². The van der Waals surface area contributed by atoms with Gasteiger partial charge in [-0.1, -0.05) is 13.8 Å². The van der Waals surface area contributed by atoms with E-state index >= 15 is 0 Å². The van der Waals surface area contributed by atoms with Gasteiger partial charge in [0, 0.05) is 12.0 Å². The highest BCUT2D eigenvalue weighted by Gasteiger charge is 2.31. The molecular weight excluding hydrogens is 214 g/mol. The van der Waals surface area contributed by atoms with Gasteiger partial charge in [-0.15, -0.1) is 0 Å². The summed E-state index contributed by atoms with van der Waals surface area (Å²) in [5.74, 6) is 1.48. The highest BCUT2D eigenvalue weighted by atomic mass is 16.3. The van der Waals surface area contributed by atoms with E-state index < -0.39 is 0 Å². The third-order valence-corrected chi connectivity index (χ3v) is 3.52. The number of Topliss-reactive ketones (excluding diaryl/α,β-unsaturated/α-hetero) is 1.